The third kappa shape index (κ3) is 3.69. The average Bonchev–Trinajstić information content (AvgIpc) is 2.37. The molecule has 4 heteroatoms. The highest BCUT2D eigenvalue weighted by atomic mass is 16.3. The molecule has 1 heterocycles. The second-order valence-electron chi connectivity index (χ2n) is 5.99. The minimum Gasteiger partial charge on any atom is -0.393 e. The van der Waals surface area contributed by atoms with Crippen LogP contribution in [0.1, 0.15) is 45.4 Å². The molecule has 0 bridgehead atoms. The maximum atomic E-state index is 12.0. The van der Waals surface area contributed by atoms with Gasteiger partial charge in [0.2, 0.25) is 5.91 Å². The molecule has 18 heavy (non-hydrogen) atoms. The number of piperidine rings is 1. The molecule has 2 rings (SSSR count). The fourth-order valence-electron chi connectivity index (χ4n) is 3.09. The number of aliphatic hydroxyl groups is 1. The molecule has 1 aliphatic heterocycles. The zero-order chi connectivity index (χ0) is 13.0. The van der Waals surface area contributed by atoms with Crippen LogP contribution in [0.5, 0.6) is 0 Å². The van der Waals surface area contributed by atoms with Crippen LogP contribution in [0.15, 0.2) is 0 Å². The van der Waals surface area contributed by atoms with Crippen molar-refractivity contribution in [2.75, 3.05) is 13.1 Å². The topological polar surface area (TPSA) is 61.4 Å². The molecular weight excluding hydrogens is 228 g/mol. The fourth-order valence-corrected chi connectivity index (χ4v) is 3.09. The standard InChI is InChI=1S/C14H26N2O2/c1-10-6-7-15-12(8-10)14(18)16-9-11-4-2-3-5-13(11)17/h10-13,15,17H,2-9H2,1H3,(H,16,18). The van der Waals surface area contributed by atoms with Gasteiger partial charge in [0, 0.05) is 12.5 Å². The van der Waals surface area contributed by atoms with Crippen LogP contribution >= 0.6 is 0 Å². The Morgan fingerprint density at radius 2 is 2.11 bits per heavy atom. The molecule has 0 aromatic carbocycles. The molecule has 104 valence electrons. The minimum atomic E-state index is -0.225. The lowest BCUT2D eigenvalue weighted by atomic mass is 9.86. The first-order valence-electron chi connectivity index (χ1n) is 7.36. The number of hydrogen-bond donors (Lipinski definition) is 3. The Balaban J connectivity index is 1.73. The first-order chi connectivity index (χ1) is 8.66. The lowest BCUT2D eigenvalue weighted by Crippen LogP contribution is -2.50. The van der Waals surface area contributed by atoms with Gasteiger partial charge in [-0.25, -0.2) is 0 Å². The van der Waals surface area contributed by atoms with E-state index in [0.717, 1.165) is 38.6 Å². The van der Waals surface area contributed by atoms with Gasteiger partial charge in [0.05, 0.1) is 12.1 Å². The Morgan fingerprint density at radius 1 is 1.33 bits per heavy atom. The van der Waals surface area contributed by atoms with Gasteiger partial charge in [0.25, 0.3) is 0 Å². The van der Waals surface area contributed by atoms with Crippen molar-refractivity contribution in [3.8, 4) is 0 Å². The van der Waals surface area contributed by atoms with Crippen molar-refractivity contribution in [3.05, 3.63) is 0 Å². The summed E-state index contributed by atoms with van der Waals surface area (Å²) in [6, 6.07) is -0.0329. The number of hydrogen-bond acceptors (Lipinski definition) is 3. The molecule has 1 saturated heterocycles. The highest BCUT2D eigenvalue weighted by Gasteiger charge is 2.27. The molecule has 0 aromatic rings. The Labute approximate surface area is 110 Å². The number of carbonyl (C=O) groups excluding carboxylic acids is 1. The van der Waals surface area contributed by atoms with Gasteiger partial charge in [-0.1, -0.05) is 19.8 Å². The average molecular weight is 254 g/mol. The fraction of sp³-hybridized carbons (Fsp3) is 0.929. The van der Waals surface area contributed by atoms with E-state index >= 15 is 0 Å². The van der Waals surface area contributed by atoms with Crippen molar-refractivity contribution in [1.82, 2.24) is 10.6 Å². The lowest BCUT2D eigenvalue weighted by Gasteiger charge is -2.30. The third-order valence-corrected chi connectivity index (χ3v) is 4.39. The summed E-state index contributed by atoms with van der Waals surface area (Å²) in [4.78, 5) is 12.0. The maximum absolute atomic E-state index is 12.0. The molecule has 0 radical (unpaired) electrons. The molecule has 0 spiro atoms. The molecule has 2 fully saturated rings. The van der Waals surface area contributed by atoms with Crippen molar-refractivity contribution in [3.63, 3.8) is 0 Å². The third-order valence-electron chi connectivity index (χ3n) is 4.39. The first-order valence-corrected chi connectivity index (χ1v) is 7.36. The molecule has 4 nitrogen and oxygen atoms in total. The van der Waals surface area contributed by atoms with Gasteiger partial charge in [-0.2, -0.15) is 0 Å². The highest BCUT2D eigenvalue weighted by Crippen LogP contribution is 2.23. The van der Waals surface area contributed by atoms with Gasteiger partial charge in [0.15, 0.2) is 0 Å². The Hall–Kier alpha value is -0.610. The van der Waals surface area contributed by atoms with Gasteiger partial charge in [-0.15, -0.1) is 0 Å². The predicted octanol–water partition coefficient (Wildman–Crippen LogP) is 1.04. The molecule has 1 saturated carbocycles. The zero-order valence-electron chi connectivity index (χ0n) is 11.3. The lowest BCUT2D eigenvalue weighted by molar-refractivity contribution is -0.124. The van der Waals surface area contributed by atoms with Crippen LogP contribution in [0.4, 0.5) is 0 Å². The van der Waals surface area contributed by atoms with Crippen LogP contribution in [0.2, 0.25) is 0 Å². The van der Waals surface area contributed by atoms with Crippen molar-refractivity contribution < 1.29 is 9.90 Å². The number of carbonyl (C=O) groups is 1. The quantitative estimate of drug-likeness (QED) is 0.705. The van der Waals surface area contributed by atoms with Crippen molar-refractivity contribution in [2.24, 2.45) is 11.8 Å². The second-order valence-corrected chi connectivity index (χ2v) is 5.99. The van der Waals surface area contributed by atoms with E-state index in [-0.39, 0.29) is 24.0 Å². The van der Waals surface area contributed by atoms with E-state index in [1.807, 2.05) is 0 Å². The van der Waals surface area contributed by atoms with Crippen LogP contribution in [-0.2, 0) is 4.79 Å². The van der Waals surface area contributed by atoms with Crippen molar-refractivity contribution >= 4 is 5.91 Å². The molecular formula is C14H26N2O2. The van der Waals surface area contributed by atoms with Crippen molar-refractivity contribution in [1.29, 1.82) is 0 Å². The van der Waals surface area contributed by atoms with E-state index < -0.39 is 0 Å². The first kappa shape index (κ1) is 13.8. The summed E-state index contributed by atoms with van der Waals surface area (Å²) in [6.45, 7) is 3.77. The SMILES string of the molecule is CC1CCNC(C(=O)NCC2CCCCC2O)C1. The zero-order valence-corrected chi connectivity index (χ0v) is 11.3. The van der Waals surface area contributed by atoms with Crippen molar-refractivity contribution in [2.45, 2.75) is 57.6 Å². The Kier molecular flexibility index (Phi) is 5.01. The van der Waals surface area contributed by atoms with E-state index in [4.69, 9.17) is 0 Å². The number of amides is 1. The van der Waals surface area contributed by atoms with Gasteiger partial charge in [-0.3, -0.25) is 4.79 Å². The summed E-state index contributed by atoms with van der Waals surface area (Å²) in [5.41, 5.74) is 0. The Morgan fingerprint density at radius 3 is 2.83 bits per heavy atom. The summed E-state index contributed by atoms with van der Waals surface area (Å²) >= 11 is 0. The van der Waals surface area contributed by atoms with Gasteiger partial charge < -0.3 is 15.7 Å². The molecule has 4 atom stereocenters. The largest absolute Gasteiger partial charge is 0.393 e. The highest BCUT2D eigenvalue weighted by molar-refractivity contribution is 5.81. The van der Waals surface area contributed by atoms with Crippen LogP contribution in [-0.4, -0.2) is 36.2 Å². The van der Waals surface area contributed by atoms with E-state index in [9.17, 15) is 9.90 Å². The second kappa shape index (κ2) is 6.53. The molecule has 4 unspecified atom stereocenters. The predicted molar refractivity (Wildman–Crippen MR) is 71.2 cm³/mol. The van der Waals surface area contributed by atoms with Crippen LogP contribution in [0.25, 0.3) is 0 Å². The van der Waals surface area contributed by atoms with E-state index in [0.29, 0.717) is 12.5 Å². The summed E-state index contributed by atoms with van der Waals surface area (Å²) in [5, 5.41) is 16.2. The molecule has 1 aliphatic carbocycles. The number of aliphatic hydroxyl groups excluding tert-OH is 1. The van der Waals surface area contributed by atoms with Gasteiger partial charge >= 0.3 is 0 Å². The number of rotatable bonds is 3. The molecule has 1 amide bonds. The van der Waals surface area contributed by atoms with Crippen LogP contribution < -0.4 is 10.6 Å². The number of nitrogens with one attached hydrogen (secondary N) is 2. The van der Waals surface area contributed by atoms with E-state index in [1.54, 1.807) is 0 Å². The van der Waals surface area contributed by atoms with E-state index in [2.05, 4.69) is 17.6 Å². The Bertz CT molecular complexity index is 283. The van der Waals surface area contributed by atoms with Crippen LogP contribution in [0.3, 0.4) is 0 Å². The monoisotopic (exact) mass is 254 g/mol. The normalized spacial score (nSPS) is 37.2. The maximum Gasteiger partial charge on any atom is 0.237 e. The molecule has 0 aromatic heterocycles. The minimum absolute atomic E-state index is 0.0329. The summed E-state index contributed by atoms with van der Waals surface area (Å²) in [5.74, 6) is 0.991. The molecule has 3 N–H and O–H groups in total. The summed E-state index contributed by atoms with van der Waals surface area (Å²) < 4.78 is 0. The van der Waals surface area contributed by atoms with E-state index in [1.165, 1.54) is 6.42 Å². The summed E-state index contributed by atoms with van der Waals surface area (Å²) in [7, 11) is 0. The van der Waals surface area contributed by atoms with Gasteiger partial charge in [0.1, 0.15) is 0 Å². The van der Waals surface area contributed by atoms with Crippen LogP contribution in [0, 0.1) is 11.8 Å². The van der Waals surface area contributed by atoms with Gasteiger partial charge in [-0.05, 0) is 38.1 Å². The molecule has 2 aliphatic rings. The smallest absolute Gasteiger partial charge is 0.237 e. The summed E-state index contributed by atoms with van der Waals surface area (Å²) in [6.07, 6.45) is 6.08.